The number of nitrogens with zero attached hydrogens (tertiary/aromatic N) is 1. The number of nitrogens with one attached hydrogen (secondary N) is 1. The van der Waals surface area contributed by atoms with Crippen LogP contribution in [0.25, 0.3) is 17.4 Å². The highest BCUT2D eigenvalue weighted by Gasteiger charge is 2.36. The van der Waals surface area contributed by atoms with E-state index in [4.69, 9.17) is 37.5 Å². The van der Waals surface area contributed by atoms with Gasteiger partial charge >= 0.3 is 11.9 Å². The molecule has 3 aromatic rings. The summed E-state index contributed by atoms with van der Waals surface area (Å²) in [5, 5.41) is 11.2. The van der Waals surface area contributed by atoms with Crippen molar-refractivity contribution < 1.29 is 38.2 Å². The van der Waals surface area contributed by atoms with E-state index < -0.39 is 35.5 Å². The van der Waals surface area contributed by atoms with Crippen LogP contribution in [-0.2, 0) is 14.3 Å². The van der Waals surface area contributed by atoms with Gasteiger partial charge in [-0.1, -0.05) is 36.2 Å². The number of carbonyl (C=O) groups is 5. The molecule has 2 heterocycles. The van der Waals surface area contributed by atoms with Crippen LogP contribution in [0.15, 0.2) is 57.9 Å². The number of esters is 1. The van der Waals surface area contributed by atoms with E-state index in [1.165, 1.54) is 42.5 Å². The van der Waals surface area contributed by atoms with Crippen LogP contribution in [0.3, 0.4) is 0 Å². The Morgan fingerprint density at radius 2 is 1.82 bits per heavy atom. The Bertz CT molecular complexity index is 1570. The Balaban J connectivity index is 1.43. The van der Waals surface area contributed by atoms with Crippen LogP contribution in [0.5, 0.6) is 0 Å². The molecule has 0 saturated carbocycles. The average Bonchev–Trinajstić information content (AvgIpc) is 3.48. The van der Waals surface area contributed by atoms with E-state index in [9.17, 15) is 24.0 Å². The summed E-state index contributed by atoms with van der Waals surface area (Å²) in [5.74, 6) is -2.53. The summed E-state index contributed by atoms with van der Waals surface area (Å²) in [7, 11) is 0. The lowest BCUT2D eigenvalue weighted by atomic mass is 10.1. The van der Waals surface area contributed by atoms with Gasteiger partial charge in [0.15, 0.2) is 0 Å². The normalized spacial score (nSPS) is 14.1. The second-order valence-corrected chi connectivity index (χ2v) is 10.2. The Morgan fingerprint density at radius 3 is 2.52 bits per heavy atom. The maximum absolute atomic E-state index is 12.9. The molecular formula is C27H20Cl2N2O8S. The molecule has 10 nitrogen and oxygen atoms in total. The van der Waals surface area contributed by atoms with Crippen molar-refractivity contribution in [1.82, 2.24) is 4.90 Å². The number of carboxylic acid groups (broad SMARTS) is 1. The number of furan rings is 1. The molecule has 0 spiro atoms. The Hall–Kier alpha value is -4.06. The molecule has 0 aliphatic carbocycles. The minimum atomic E-state index is -1.16. The van der Waals surface area contributed by atoms with Crippen molar-refractivity contribution in [3.63, 3.8) is 0 Å². The lowest BCUT2D eigenvalue weighted by Crippen LogP contribution is -2.36. The molecule has 40 heavy (non-hydrogen) atoms. The van der Waals surface area contributed by atoms with E-state index in [0.29, 0.717) is 29.5 Å². The predicted molar refractivity (Wildman–Crippen MR) is 149 cm³/mol. The number of hydrogen-bond donors (Lipinski definition) is 2. The molecule has 0 unspecified atom stereocenters. The SMILES string of the molecule is CCCOC(=O)c1cc(NC(=O)CN2C(=O)S/C(=C\c3ccc(-c4ccc(C(=O)O)c(Cl)c4)o3)C2=O)ccc1Cl. The minimum absolute atomic E-state index is 0.0357. The first-order valence-corrected chi connectivity index (χ1v) is 13.3. The smallest absolute Gasteiger partial charge is 0.339 e. The molecule has 2 aromatic carbocycles. The number of benzene rings is 2. The molecule has 0 bridgehead atoms. The average molecular weight is 603 g/mol. The van der Waals surface area contributed by atoms with Gasteiger partial charge in [0.05, 0.1) is 32.7 Å². The van der Waals surface area contributed by atoms with Crippen LogP contribution in [0, 0.1) is 0 Å². The molecule has 0 atom stereocenters. The van der Waals surface area contributed by atoms with Gasteiger partial charge in [-0.3, -0.25) is 19.3 Å². The van der Waals surface area contributed by atoms with E-state index >= 15 is 0 Å². The third-order valence-electron chi connectivity index (χ3n) is 5.47. The second kappa shape index (κ2) is 12.4. The lowest BCUT2D eigenvalue weighted by molar-refractivity contribution is -0.127. The largest absolute Gasteiger partial charge is 0.478 e. The number of anilines is 1. The van der Waals surface area contributed by atoms with Crippen molar-refractivity contribution in [2.45, 2.75) is 13.3 Å². The van der Waals surface area contributed by atoms with Gasteiger partial charge in [-0.15, -0.1) is 0 Å². The number of thioether (sulfide) groups is 1. The third-order valence-corrected chi connectivity index (χ3v) is 7.02. The van der Waals surface area contributed by atoms with Gasteiger partial charge in [0.1, 0.15) is 18.1 Å². The molecule has 206 valence electrons. The summed E-state index contributed by atoms with van der Waals surface area (Å²) in [4.78, 5) is 62.1. The highest BCUT2D eigenvalue weighted by atomic mass is 35.5. The number of carbonyl (C=O) groups excluding carboxylic acids is 4. The second-order valence-electron chi connectivity index (χ2n) is 8.35. The van der Waals surface area contributed by atoms with Crippen molar-refractivity contribution >= 4 is 75.7 Å². The lowest BCUT2D eigenvalue weighted by Gasteiger charge is -2.13. The summed E-state index contributed by atoms with van der Waals surface area (Å²) >= 11 is 12.7. The molecular weight excluding hydrogens is 583 g/mol. The van der Waals surface area contributed by atoms with Crippen LogP contribution in [0.1, 0.15) is 39.8 Å². The highest BCUT2D eigenvalue weighted by molar-refractivity contribution is 8.18. The van der Waals surface area contributed by atoms with Gasteiger partial charge in [-0.2, -0.15) is 0 Å². The first-order chi connectivity index (χ1) is 19.1. The zero-order valence-electron chi connectivity index (χ0n) is 20.7. The number of ether oxygens (including phenoxy) is 1. The van der Waals surface area contributed by atoms with Gasteiger partial charge < -0.3 is 19.6 Å². The van der Waals surface area contributed by atoms with E-state index in [2.05, 4.69) is 5.32 Å². The summed E-state index contributed by atoms with van der Waals surface area (Å²) in [6.45, 7) is 1.50. The fourth-order valence-electron chi connectivity index (χ4n) is 3.57. The Morgan fingerprint density at radius 1 is 1.05 bits per heavy atom. The number of amides is 3. The van der Waals surface area contributed by atoms with Crippen LogP contribution in [0.4, 0.5) is 10.5 Å². The summed E-state index contributed by atoms with van der Waals surface area (Å²) in [6, 6.07) is 11.7. The molecule has 13 heteroatoms. The highest BCUT2D eigenvalue weighted by Crippen LogP contribution is 2.34. The molecule has 1 aliphatic heterocycles. The molecule has 1 fully saturated rings. The molecule has 1 aromatic heterocycles. The zero-order chi connectivity index (χ0) is 29.0. The number of carboxylic acids is 1. The van der Waals surface area contributed by atoms with Crippen molar-refractivity contribution in [2.24, 2.45) is 0 Å². The van der Waals surface area contributed by atoms with Gasteiger partial charge in [0, 0.05) is 17.3 Å². The van der Waals surface area contributed by atoms with Crippen molar-refractivity contribution in [3.8, 4) is 11.3 Å². The van der Waals surface area contributed by atoms with E-state index in [1.54, 1.807) is 12.1 Å². The van der Waals surface area contributed by atoms with Crippen molar-refractivity contribution in [1.29, 1.82) is 0 Å². The number of rotatable bonds is 9. The molecule has 0 radical (unpaired) electrons. The van der Waals surface area contributed by atoms with Crippen LogP contribution in [-0.4, -0.2) is 52.2 Å². The van der Waals surface area contributed by atoms with Crippen LogP contribution < -0.4 is 5.32 Å². The summed E-state index contributed by atoms with van der Waals surface area (Å²) < 4.78 is 10.8. The molecule has 4 rings (SSSR count). The quantitative estimate of drug-likeness (QED) is 0.216. The van der Waals surface area contributed by atoms with E-state index in [1.807, 2.05) is 6.92 Å². The monoisotopic (exact) mass is 602 g/mol. The zero-order valence-corrected chi connectivity index (χ0v) is 23.1. The van der Waals surface area contributed by atoms with Gasteiger partial charge in [-0.25, -0.2) is 9.59 Å². The van der Waals surface area contributed by atoms with Crippen LogP contribution in [0.2, 0.25) is 10.0 Å². The topological polar surface area (TPSA) is 143 Å². The first-order valence-electron chi connectivity index (χ1n) is 11.7. The number of halogens is 2. The number of hydrogen-bond acceptors (Lipinski definition) is 8. The standard InChI is InChI=1S/C27H20Cl2N2O8S/c1-2-9-38-26(36)18-11-15(4-7-19(18)28)30-23(32)13-31-24(33)22(40-27(31)37)12-16-5-8-21(39-16)14-3-6-17(25(34)35)20(29)10-14/h3-8,10-12H,2,9,13H2,1H3,(H,30,32)(H,34,35)/b22-12-. The maximum Gasteiger partial charge on any atom is 0.339 e. The molecule has 2 N–H and O–H groups in total. The summed E-state index contributed by atoms with van der Waals surface area (Å²) in [6.07, 6.45) is 2.00. The number of imide groups is 1. The van der Waals surface area contributed by atoms with Crippen molar-refractivity contribution in [2.75, 3.05) is 18.5 Å². The van der Waals surface area contributed by atoms with Gasteiger partial charge in [0.25, 0.3) is 11.1 Å². The maximum atomic E-state index is 12.9. The number of aromatic carboxylic acids is 1. The molecule has 1 aliphatic rings. The van der Waals surface area contributed by atoms with Crippen LogP contribution >= 0.6 is 35.0 Å². The van der Waals surface area contributed by atoms with E-state index in [-0.39, 0.29) is 44.1 Å². The van der Waals surface area contributed by atoms with Crippen molar-refractivity contribution in [3.05, 3.63) is 80.4 Å². The fraction of sp³-hybridized carbons (Fsp3) is 0.148. The Labute approximate surface area is 241 Å². The summed E-state index contributed by atoms with van der Waals surface area (Å²) in [5.41, 5.74) is 0.768. The fourth-order valence-corrected chi connectivity index (χ4v) is 4.84. The van der Waals surface area contributed by atoms with Gasteiger partial charge in [0.2, 0.25) is 5.91 Å². The first kappa shape index (κ1) is 28.9. The minimum Gasteiger partial charge on any atom is -0.478 e. The molecule has 3 amide bonds. The third kappa shape index (κ3) is 6.56. The Kier molecular flexibility index (Phi) is 8.98. The van der Waals surface area contributed by atoms with Gasteiger partial charge in [-0.05, 0) is 60.6 Å². The molecule has 1 saturated heterocycles. The van der Waals surface area contributed by atoms with E-state index in [0.717, 1.165) is 4.90 Å². The predicted octanol–water partition coefficient (Wildman–Crippen LogP) is 6.19.